The number of phenols is 1. The number of para-hydroxylation sites is 1. The highest BCUT2D eigenvalue weighted by Crippen LogP contribution is 2.33. The molecule has 0 amide bonds. The van der Waals surface area contributed by atoms with Gasteiger partial charge in [-0.25, -0.2) is 0 Å². The summed E-state index contributed by atoms with van der Waals surface area (Å²) < 4.78 is 10.5. The normalized spacial score (nSPS) is 10.9. The Morgan fingerprint density at radius 3 is 2.33 bits per heavy atom. The van der Waals surface area contributed by atoms with Gasteiger partial charge >= 0.3 is 0 Å². The van der Waals surface area contributed by atoms with Crippen LogP contribution in [0, 0.1) is 0 Å². The van der Waals surface area contributed by atoms with Crippen LogP contribution >= 0.6 is 8.58 Å². The van der Waals surface area contributed by atoms with Crippen LogP contribution in [0.25, 0.3) is 0 Å². The summed E-state index contributed by atoms with van der Waals surface area (Å²) in [7, 11) is 7.47. The number of ether oxygens (including phenoxy) is 2. The van der Waals surface area contributed by atoms with Gasteiger partial charge in [-0.05, 0) is 12.1 Å². The molecular weight excluding hydrogens is 285 g/mol. The Bertz CT molecular complexity index is 629. The monoisotopic (exact) mass is 305 g/mol. The van der Waals surface area contributed by atoms with Crippen LogP contribution in [0.2, 0.25) is 0 Å². The largest absolute Gasteiger partial charge is 0.504 e. The Morgan fingerprint density at radius 1 is 1.00 bits per heavy atom. The molecule has 1 unspecified atom stereocenters. The number of anilines is 1. The molecule has 0 aliphatic heterocycles. The van der Waals surface area contributed by atoms with Crippen molar-refractivity contribution in [3.8, 4) is 17.2 Å². The van der Waals surface area contributed by atoms with Crippen LogP contribution in [0.15, 0.2) is 36.4 Å². The van der Waals surface area contributed by atoms with Gasteiger partial charge in [0.1, 0.15) is 5.75 Å². The molecule has 4 nitrogen and oxygen atoms in total. The molecule has 0 spiro atoms. The molecule has 0 fully saturated rings. The van der Waals surface area contributed by atoms with Gasteiger partial charge in [-0.15, -0.1) is 0 Å². The molecule has 5 heteroatoms. The van der Waals surface area contributed by atoms with Crippen molar-refractivity contribution in [2.24, 2.45) is 0 Å². The molecule has 2 aromatic rings. The van der Waals surface area contributed by atoms with Gasteiger partial charge in [-0.2, -0.15) is 0 Å². The summed E-state index contributed by atoms with van der Waals surface area (Å²) >= 11 is 0. The van der Waals surface area contributed by atoms with Crippen LogP contribution in [0.3, 0.4) is 0 Å². The van der Waals surface area contributed by atoms with E-state index in [2.05, 4.69) is 17.0 Å². The van der Waals surface area contributed by atoms with Gasteiger partial charge in [0.25, 0.3) is 0 Å². The second-order valence-electron chi connectivity index (χ2n) is 4.76. The van der Waals surface area contributed by atoms with E-state index in [1.54, 1.807) is 13.2 Å². The summed E-state index contributed by atoms with van der Waals surface area (Å²) in [5, 5.41) is 12.3. The third-order valence-electron chi connectivity index (χ3n) is 3.16. The number of benzene rings is 2. The number of nitrogens with zero attached hydrogens (tertiary/aromatic N) is 1. The van der Waals surface area contributed by atoms with Crippen molar-refractivity contribution < 1.29 is 14.6 Å². The van der Waals surface area contributed by atoms with Gasteiger partial charge in [0.05, 0.1) is 14.2 Å². The Morgan fingerprint density at radius 2 is 1.71 bits per heavy atom. The minimum Gasteiger partial charge on any atom is -0.504 e. The number of methoxy groups -OCH3 is 2. The first-order valence-electron chi connectivity index (χ1n) is 6.55. The molecule has 21 heavy (non-hydrogen) atoms. The van der Waals surface area contributed by atoms with Gasteiger partial charge in [0.2, 0.25) is 0 Å². The zero-order valence-corrected chi connectivity index (χ0v) is 13.7. The number of rotatable bonds is 5. The van der Waals surface area contributed by atoms with Crippen molar-refractivity contribution in [1.82, 2.24) is 0 Å². The maximum Gasteiger partial charge on any atom is 0.165 e. The summed E-state index contributed by atoms with van der Waals surface area (Å²) in [6.07, 6.45) is 0. The summed E-state index contributed by atoms with van der Waals surface area (Å²) in [4.78, 5) is 2.07. The van der Waals surface area contributed by atoms with E-state index >= 15 is 0 Å². The van der Waals surface area contributed by atoms with E-state index in [1.807, 2.05) is 32.3 Å². The smallest absolute Gasteiger partial charge is 0.165 e. The predicted octanol–water partition coefficient (Wildman–Crippen LogP) is 2.10. The van der Waals surface area contributed by atoms with Crippen LogP contribution in [0.4, 0.5) is 5.69 Å². The topological polar surface area (TPSA) is 41.9 Å². The van der Waals surface area contributed by atoms with E-state index in [0.29, 0.717) is 20.1 Å². The number of aromatic hydroxyl groups is 1. The standard InChI is InChI=1S/C16H20NO3P/c1-17(2)12-7-5-6-8-14(12)21-15-10-11(19-3)9-13(20-4)16(15)18/h5-10,18,21H,1-4H3. The zero-order valence-electron chi connectivity index (χ0n) is 12.7. The Hall–Kier alpha value is -1.93. The average molecular weight is 305 g/mol. The third kappa shape index (κ3) is 3.40. The average Bonchev–Trinajstić information content (AvgIpc) is 2.49. The van der Waals surface area contributed by atoms with Crippen molar-refractivity contribution in [3.63, 3.8) is 0 Å². The molecule has 0 aromatic heterocycles. The number of phenolic OH excluding ortho intramolecular Hbond substituents is 1. The SMILES string of the molecule is COc1cc(OC)c(O)c(Pc2ccccc2N(C)C)c1. The summed E-state index contributed by atoms with van der Waals surface area (Å²) in [6, 6.07) is 11.7. The lowest BCUT2D eigenvalue weighted by Gasteiger charge is -2.18. The van der Waals surface area contributed by atoms with E-state index in [1.165, 1.54) is 7.11 Å². The molecule has 0 saturated carbocycles. The summed E-state index contributed by atoms with van der Waals surface area (Å²) in [6.45, 7) is 0. The minimum atomic E-state index is 0.171. The molecule has 0 heterocycles. The summed E-state index contributed by atoms with van der Waals surface area (Å²) in [5.41, 5.74) is 1.14. The minimum absolute atomic E-state index is 0.171. The molecule has 2 rings (SSSR count). The molecule has 0 bridgehead atoms. The number of hydrogen-bond donors (Lipinski definition) is 1. The molecule has 2 aromatic carbocycles. The van der Waals surface area contributed by atoms with Crippen molar-refractivity contribution in [2.45, 2.75) is 0 Å². The maximum atomic E-state index is 10.3. The van der Waals surface area contributed by atoms with E-state index in [0.717, 1.165) is 16.3 Å². The van der Waals surface area contributed by atoms with Crippen LogP contribution in [-0.4, -0.2) is 33.4 Å². The van der Waals surface area contributed by atoms with Gasteiger partial charge in [0, 0.05) is 36.5 Å². The van der Waals surface area contributed by atoms with Crippen LogP contribution in [-0.2, 0) is 0 Å². The van der Waals surface area contributed by atoms with Gasteiger partial charge in [-0.1, -0.05) is 26.8 Å². The number of hydrogen-bond acceptors (Lipinski definition) is 4. The Kier molecular flexibility index (Phi) is 4.92. The second kappa shape index (κ2) is 6.68. The second-order valence-corrected chi connectivity index (χ2v) is 6.09. The first-order chi connectivity index (χ1) is 10.1. The van der Waals surface area contributed by atoms with Crippen LogP contribution in [0.5, 0.6) is 17.2 Å². The maximum absolute atomic E-state index is 10.3. The molecule has 0 radical (unpaired) electrons. The molecule has 0 aliphatic carbocycles. The van der Waals surface area contributed by atoms with Gasteiger partial charge < -0.3 is 19.5 Å². The third-order valence-corrected chi connectivity index (χ3v) is 4.50. The summed E-state index contributed by atoms with van der Waals surface area (Å²) in [5.74, 6) is 1.28. The van der Waals surface area contributed by atoms with Crippen LogP contribution < -0.4 is 25.0 Å². The van der Waals surface area contributed by atoms with E-state index < -0.39 is 0 Å². The van der Waals surface area contributed by atoms with Crippen molar-refractivity contribution >= 4 is 24.9 Å². The first-order valence-corrected chi connectivity index (χ1v) is 7.55. The van der Waals surface area contributed by atoms with Crippen molar-refractivity contribution in [3.05, 3.63) is 36.4 Å². The fraction of sp³-hybridized carbons (Fsp3) is 0.250. The zero-order chi connectivity index (χ0) is 15.4. The highest BCUT2D eigenvalue weighted by Gasteiger charge is 2.13. The molecule has 112 valence electrons. The molecule has 1 atom stereocenters. The molecule has 1 N–H and O–H groups in total. The lowest BCUT2D eigenvalue weighted by molar-refractivity contribution is 0.366. The fourth-order valence-electron chi connectivity index (χ4n) is 2.07. The van der Waals surface area contributed by atoms with Gasteiger partial charge in [0.15, 0.2) is 11.5 Å². The van der Waals surface area contributed by atoms with Gasteiger partial charge in [-0.3, -0.25) is 0 Å². The fourth-order valence-corrected chi connectivity index (χ4v) is 3.43. The highest BCUT2D eigenvalue weighted by molar-refractivity contribution is 7.56. The predicted molar refractivity (Wildman–Crippen MR) is 89.6 cm³/mol. The Balaban J connectivity index is 2.44. The quantitative estimate of drug-likeness (QED) is 0.859. The highest BCUT2D eigenvalue weighted by atomic mass is 31.1. The Labute approximate surface area is 127 Å². The van der Waals surface area contributed by atoms with E-state index in [4.69, 9.17) is 9.47 Å². The lowest BCUT2D eigenvalue weighted by atomic mass is 10.3. The molecule has 0 aliphatic rings. The lowest BCUT2D eigenvalue weighted by Crippen LogP contribution is -2.17. The van der Waals surface area contributed by atoms with Crippen LogP contribution in [0.1, 0.15) is 0 Å². The van der Waals surface area contributed by atoms with E-state index in [9.17, 15) is 5.11 Å². The van der Waals surface area contributed by atoms with Crippen molar-refractivity contribution in [2.75, 3.05) is 33.2 Å². The van der Waals surface area contributed by atoms with Crippen molar-refractivity contribution in [1.29, 1.82) is 0 Å². The molecular formula is C16H20NO3P. The van der Waals surface area contributed by atoms with E-state index in [-0.39, 0.29) is 5.75 Å². The first kappa shape index (κ1) is 15.5. The molecule has 0 saturated heterocycles.